The molecule has 6 nitrogen and oxygen atoms in total. The third-order valence-corrected chi connectivity index (χ3v) is 6.06. The van der Waals surface area contributed by atoms with Gasteiger partial charge in [-0.3, -0.25) is 9.69 Å². The number of aromatic nitrogens is 2. The summed E-state index contributed by atoms with van der Waals surface area (Å²) < 4.78 is 6.47. The van der Waals surface area contributed by atoms with E-state index in [-0.39, 0.29) is 11.8 Å². The second-order valence-electron chi connectivity index (χ2n) is 7.85. The van der Waals surface area contributed by atoms with E-state index in [0.29, 0.717) is 24.8 Å². The summed E-state index contributed by atoms with van der Waals surface area (Å²) in [7, 11) is 0. The van der Waals surface area contributed by atoms with Gasteiger partial charge in [0, 0.05) is 22.3 Å². The molecule has 1 N–H and O–H groups in total. The number of hydrogen-bond acceptors (Lipinski definition) is 5. The third-order valence-electron chi connectivity index (χ3n) is 5.54. The Labute approximate surface area is 184 Å². The van der Waals surface area contributed by atoms with Crippen molar-refractivity contribution in [1.82, 2.24) is 15.0 Å². The highest BCUT2D eigenvalue weighted by atomic mass is 79.9. The zero-order chi connectivity index (χ0) is 21.1. The van der Waals surface area contributed by atoms with Crippen LogP contribution in [0.3, 0.4) is 0 Å². The first-order valence-corrected chi connectivity index (χ1v) is 11.0. The van der Waals surface area contributed by atoms with Crippen molar-refractivity contribution >= 4 is 27.5 Å². The lowest BCUT2D eigenvalue weighted by atomic mass is 9.96. The second kappa shape index (κ2) is 9.10. The molecule has 1 aliphatic rings. The highest BCUT2D eigenvalue weighted by molar-refractivity contribution is 9.10. The lowest BCUT2D eigenvalue weighted by Crippen LogP contribution is -2.40. The van der Waals surface area contributed by atoms with E-state index < -0.39 is 0 Å². The van der Waals surface area contributed by atoms with Crippen molar-refractivity contribution in [2.45, 2.75) is 33.2 Å². The summed E-state index contributed by atoms with van der Waals surface area (Å²) >= 11 is 3.43. The van der Waals surface area contributed by atoms with Gasteiger partial charge in [0.05, 0.1) is 12.5 Å². The molecule has 1 saturated heterocycles. The number of amides is 1. The van der Waals surface area contributed by atoms with Crippen LogP contribution in [0.4, 0.5) is 5.69 Å². The van der Waals surface area contributed by atoms with E-state index in [1.165, 1.54) is 0 Å². The first-order chi connectivity index (χ1) is 14.5. The van der Waals surface area contributed by atoms with E-state index >= 15 is 0 Å². The Kier molecular flexibility index (Phi) is 6.29. The number of carbonyl (C=O) groups excluding carboxylic acids is 1. The summed E-state index contributed by atoms with van der Waals surface area (Å²) in [6.07, 6.45) is 1.86. The minimum absolute atomic E-state index is 0.0494. The fraction of sp³-hybridized carbons (Fsp3) is 0.348. The van der Waals surface area contributed by atoms with Gasteiger partial charge in [-0.25, -0.2) is 0 Å². The van der Waals surface area contributed by atoms with E-state index in [4.69, 9.17) is 4.52 Å². The molecule has 2 aromatic carbocycles. The fourth-order valence-corrected chi connectivity index (χ4v) is 4.14. The number of nitrogens with one attached hydrogen (secondary N) is 1. The number of hydrogen-bond donors (Lipinski definition) is 1. The Morgan fingerprint density at radius 3 is 2.67 bits per heavy atom. The van der Waals surface area contributed by atoms with Crippen LogP contribution in [0.25, 0.3) is 11.4 Å². The monoisotopic (exact) mass is 468 g/mol. The average molecular weight is 469 g/mol. The second-order valence-corrected chi connectivity index (χ2v) is 8.76. The first-order valence-electron chi connectivity index (χ1n) is 10.2. The summed E-state index contributed by atoms with van der Waals surface area (Å²) in [5, 5.41) is 7.25. The molecule has 0 radical (unpaired) electrons. The minimum Gasteiger partial charge on any atom is -0.338 e. The van der Waals surface area contributed by atoms with Gasteiger partial charge in [-0.05, 0) is 68.6 Å². The van der Waals surface area contributed by atoms with Gasteiger partial charge in [0.2, 0.25) is 17.6 Å². The van der Waals surface area contributed by atoms with Crippen LogP contribution in [0.15, 0.2) is 51.5 Å². The van der Waals surface area contributed by atoms with Crippen LogP contribution in [0.1, 0.15) is 29.9 Å². The van der Waals surface area contributed by atoms with Gasteiger partial charge in [0.25, 0.3) is 0 Å². The van der Waals surface area contributed by atoms with E-state index in [0.717, 1.165) is 46.2 Å². The molecule has 156 valence electrons. The zero-order valence-corrected chi connectivity index (χ0v) is 18.8. The number of benzene rings is 2. The number of piperidine rings is 1. The molecule has 7 heteroatoms. The van der Waals surface area contributed by atoms with Gasteiger partial charge < -0.3 is 9.84 Å². The number of aryl methyl sites for hydroxylation is 2. The van der Waals surface area contributed by atoms with E-state index in [1.807, 2.05) is 56.3 Å². The topological polar surface area (TPSA) is 71.3 Å². The summed E-state index contributed by atoms with van der Waals surface area (Å²) in [6.45, 7) is 6.20. The average Bonchev–Trinajstić information content (AvgIpc) is 3.20. The van der Waals surface area contributed by atoms with Gasteiger partial charge in [0.15, 0.2) is 0 Å². The highest BCUT2D eigenvalue weighted by Gasteiger charge is 2.27. The molecule has 1 fully saturated rings. The largest absolute Gasteiger partial charge is 0.338 e. The van der Waals surface area contributed by atoms with Crippen molar-refractivity contribution in [2.24, 2.45) is 5.92 Å². The number of carbonyl (C=O) groups is 1. The Hall–Kier alpha value is -2.51. The SMILES string of the molecule is Cc1cccc(C)c1NC(=O)C1CCCN(Cc2nc(-c3ccc(Br)cc3)no2)C1. The summed E-state index contributed by atoms with van der Waals surface area (Å²) in [6, 6.07) is 13.9. The fourth-order valence-electron chi connectivity index (χ4n) is 3.88. The molecule has 2 heterocycles. The van der Waals surface area contributed by atoms with Gasteiger partial charge in [-0.1, -0.05) is 39.3 Å². The lowest BCUT2D eigenvalue weighted by molar-refractivity contribution is -0.121. The van der Waals surface area contributed by atoms with Gasteiger partial charge >= 0.3 is 0 Å². The predicted octanol–water partition coefficient (Wildman–Crippen LogP) is 4.97. The molecule has 1 aromatic heterocycles. The van der Waals surface area contributed by atoms with Crippen LogP contribution < -0.4 is 5.32 Å². The first kappa shape index (κ1) is 20.8. The van der Waals surface area contributed by atoms with Crippen LogP contribution >= 0.6 is 15.9 Å². The van der Waals surface area contributed by atoms with Crippen molar-refractivity contribution in [3.05, 3.63) is 64.0 Å². The Bertz CT molecular complexity index is 1010. The van der Waals surface area contributed by atoms with Crippen LogP contribution in [-0.4, -0.2) is 34.0 Å². The van der Waals surface area contributed by atoms with Crippen LogP contribution in [0.5, 0.6) is 0 Å². The molecular weight excluding hydrogens is 444 g/mol. The molecule has 0 bridgehead atoms. The molecule has 0 spiro atoms. The number of halogens is 1. The minimum atomic E-state index is -0.0494. The number of para-hydroxylation sites is 1. The molecule has 0 aliphatic carbocycles. The summed E-state index contributed by atoms with van der Waals surface area (Å²) in [4.78, 5) is 19.6. The molecule has 1 unspecified atom stereocenters. The Morgan fingerprint density at radius 2 is 1.93 bits per heavy atom. The summed E-state index contributed by atoms with van der Waals surface area (Å²) in [5.41, 5.74) is 4.01. The summed E-state index contributed by atoms with van der Waals surface area (Å²) in [5.74, 6) is 1.19. The Balaban J connectivity index is 1.38. The molecule has 1 amide bonds. The van der Waals surface area contributed by atoms with Crippen LogP contribution in [0.2, 0.25) is 0 Å². The van der Waals surface area contributed by atoms with Crippen LogP contribution in [-0.2, 0) is 11.3 Å². The number of rotatable bonds is 5. The van der Waals surface area contributed by atoms with Crippen LogP contribution in [0, 0.1) is 19.8 Å². The number of anilines is 1. The van der Waals surface area contributed by atoms with Crippen molar-refractivity contribution in [1.29, 1.82) is 0 Å². The van der Waals surface area contributed by atoms with E-state index in [2.05, 4.69) is 36.3 Å². The smallest absolute Gasteiger partial charge is 0.241 e. The van der Waals surface area contributed by atoms with E-state index in [9.17, 15) is 4.79 Å². The molecule has 3 aromatic rings. The maximum atomic E-state index is 12.9. The third kappa shape index (κ3) is 4.79. The normalized spacial score (nSPS) is 17.1. The molecule has 30 heavy (non-hydrogen) atoms. The maximum absolute atomic E-state index is 12.9. The maximum Gasteiger partial charge on any atom is 0.241 e. The van der Waals surface area contributed by atoms with E-state index in [1.54, 1.807) is 0 Å². The van der Waals surface area contributed by atoms with Gasteiger partial charge in [0.1, 0.15) is 0 Å². The highest BCUT2D eigenvalue weighted by Crippen LogP contribution is 2.24. The number of nitrogens with zero attached hydrogens (tertiary/aromatic N) is 3. The van der Waals surface area contributed by atoms with Crippen molar-refractivity contribution in [2.75, 3.05) is 18.4 Å². The molecule has 1 atom stereocenters. The molecule has 0 saturated carbocycles. The Morgan fingerprint density at radius 1 is 1.20 bits per heavy atom. The quantitative estimate of drug-likeness (QED) is 0.572. The molecule has 4 rings (SSSR count). The van der Waals surface area contributed by atoms with Crippen molar-refractivity contribution in [3.63, 3.8) is 0 Å². The van der Waals surface area contributed by atoms with Gasteiger partial charge in [-0.15, -0.1) is 0 Å². The molecule has 1 aliphatic heterocycles. The molecular formula is C23H25BrN4O2. The number of likely N-dealkylation sites (tertiary alicyclic amines) is 1. The van der Waals surface area contributed by atoms with Crippen molar-refractivity contribution in [3.8, 4) is 11.4 Å². The van der Waals surface area contributed by atoms with Crippen molar-refractivity contribution < 1.29 is 9.32 Å². The predicted molar refractivity (Wildman–Crippen MR) is 120 cm³/mol. The van der Waals surface area contributed by atoms with Gasteiger partial charge in [-0.2, -0.15) is 4.98 Å². The lowest BCUT2D eigenvalue weighted by Gasteiger charge is -2.31. The standard InChI is InChI=1S/C23H25BrN4O2/c1-15-5-3-6-16(2)21(15)26-23(29)18-7-4-12-28(13-18)14-20-25-22(27-30-20)17-8-10-19(24)11-9-17/h3,5-6,8-11,18H,4,7,12-14H2,1-2H3,(H,26,29). The zero-order valence-electron chi connectivity index (χ0n) is 17.2.